The predicted molar refractivity (Wildman–Crippen MR) is 244 cm³/mol. The van der Waals surface area contributed by atoms with Crippen LogP contribution in [-0.4, -0.2) is 0 Å². The van der Waals surface area contributed by atoms with E-state index in [0.717, 1.165) is 17.1 Å². The molecule has 58 heavy (non-hydrogen) atoms. The van der Waals surface area contributed by atoms with Crippen LogP contribution in [-0.2, 0) is 5.41 Å². The van der Waals surface area contributed by atoms with E-state index in [1.54, 1.807) is 0 Å². The maximum atomic E-state index is 2.48. The van der Waals surface area contributed by atoms with E-state index in [-0.39, 0.29) is 0 Å². The second-order valence-corrected chi connectivity index (χ2v) is 15.2. The molecule has 0 aromatic heterocycles. The van der Waals surface area contributed by atoms with Gasteiger partial charge in [-0.1, -0.05) is 206 Å². The predicted octanol–water partition coefficient (Wildman–Crippen LogP) is 15.2. The van der Waals surface area contributed by atoms with E-state index < -0.39 is 5.41 Å². The van der Waals surface area contributed by atoms with Crippen LogP contribution in [0, 0.1) is 0 Å². The van der Waals surface area contributed by atoms with E-state index >= 15 is 0 Å². The minimum Gasteiger partial charge on any atom is -0.310 e. The number of nitrogens with zero attached hydrogens (tertiary/aromatic N) is 1. The average molecular weight is 738 g/mol. The van der Waals surface area contributed by atoms with E-state index in [2.05, 4.69) is 241 Å². The monoisotopic (exact) mass is 737 g/mol. The molecule has 0 saturated carbocycles. The molecule has 0 fully saturated rings. The molecule has 1 aliphatic carbocycles. The van der Waals surface area contributed by atoms with Gasteiger partial charge in [0.2, 0.25) is 0 Å². The SMILES string of the molecule is c1ccc(N(c2ccc3c(c2)C(c2ccccc2)(c2ccccc2)c2ccccc2-3)c2cc(-c3cccc4ccccc34)ccc2-c2cccc3ccccc23)cc1. The highest BCUT2D eigenvalue weighted by molar-refractivity contribution is 6.04. The Morgan fingerprint density at radius 3 is 1.48 bits per heavy atom. The highest BCUT2D eigenvalue weighted by Gasteiger charge is 2.46. The van der Waals surface area contributed by atoms with Gasteiger partial charge >= 0.3 is 0 Å². The molecular weight excluding hydrogens is 699 g/mol. The summed E-state index contributed by atoms with van der Waals surface area (Å²) in [6.07, 6.45) is 0. The van der Waals surface area contributed by atoms with E-state index in [9.17, 15) is 0 Å². The number of fused-ring (bicyclic) bond motifs is 5. The van der Waals surface area contributed by atoms with Crippen molar-refractivity contribution in [1.29, 1.82) is 0 Å². The fourth-order valence-electron chi connectivity index (χ4n) is 9.63. The Morgan fingerprint density at radius 2 is 0.793 bits per heavy atom. The molecule has 0 saturated heterocycles. The maximum Gasteiger partial charge on any atom is 0.0714 e. The molecule has 0 amide bonds. The fourth-order valence-corrected chi connectivity index (χ4v) is 9.63. The van der Waals surface area contributed by atoms with Crippen LogP contribution in [0.25, 0.3) is 54.9 Å². The molecule has 0 bridgehead atoms. The zero-order valence-electron chi connectivity index (χ0n) is 32.0. The molecule has 11 rings (SSSR count). The Hall–Kier alpha value is -7.48. The third-order valence-corrected chi connectivity index (χ3v) is 12.1. The number of hydrogen-bond acceptors (Lipinski definition) is 1. The molecule has 0 heterocycles. The van der Waals surface area contributed by atoms with Crippen molar-refractivity contribution in [3.05, 3.63) is 259 Å². The van der Waals surface area contributed by atoms with Gasteiger partial charge in [-0.15, -0.1) is 0 Å². The van der Waals surface area contributed by atoms with Gasteiger partial charge in [0, 0.05) is 16.9 Å². The quantitative estimate of drug-likeness (QED) is 0.157. The van der Waals surface area contributed by atoms with Gasteiger partial charge in [-0.25, -0.2) is 0 Å². The normalized spacial score (nSPS) is 12.6. The minimum absolute atomic E-state index is 0.518. The second kappa shape index (κ2) is 13.9. The first-order valence-electron chi connectivity index (χ1n) is 20.1. The lowest BCUT2D eigenvalue weighted by atomic mass is 9.67. The van der Waals surface area contributed by atoms with Crippen molar-refractivity contribution >= 4 is 38.6 Å². The summed E-state index contributed by atoms with van der Waals surface area (Å²) in [5, 5.41) is 4.93. The summed E-state index contributed by atoms with van der Waals surface area (Å²) in [6.45, 7) is 0. The largest absolute Gasteiger partial charge is 0.310 e. The van der Waals surface area contributed by atoms with Gasteiger partial charge in [0.25, 0.3) is 0 Å². The maximum absolute atomic E-state index is 2.48. The number of hydrogen-bond donors (Lipinski definition) is 0. The first kappa shape index (κ1) is 33.8. The summed E-state index contributed by atoms with van der Waals surface area (Å²) in [5.41, 5.74) is 15.2. The molecule has 0 spiro atoms. The molecule has 0 unspecified atom stereocenters. The van der Waals surface area contributed by atoms with Crippen LogP contribution < -0.4 is 4.90 Å². The van der Waals surface area contributed by atoms with Crippen LogP contribution in [0.5, 0.6) is 0 Å². The standard InChI is InChI=1S/C57H39N/c1-4-22-43(23-5-1)57(44-24-6-2-7-25-44)54-33-15-14-30-51(54)52-37-35-46(39-55(52)57)58(45-26-8-3-9-27-45)56-38-42(49-31-16-20-40-18-10-12-28-47(40)49)34-36-53(56)50-32-17-21-41-19-11-13-29-48(41)50/h1-39H. The Morgan fingerprint density at radius 1 is 0.293 bits per heavy atom. The van der Waals surface area contributed by atoms with Crippen molar-refractivity contribution in [2.24, 2.45) is 0 Å². The minimum atomic E-state index is -0.518. The van der Waals surface area contributed by atoms with Crippen LogP contribution in [0.15, 0.2) is 237 Å². The van der Waals surface area contributed by atoms with Crippen LogP contribution in [0.1, 0.15) is 22.3 Å². The second-order valence-electron chi connectivity index (χ2n) is 15.2. The zero-order chi connectivity index (χ0) is 38.5. The van der Waals surface area contributed by atoms with Crippen LogP contribution in [0.2, 0.25) is 0 Å². The molecule has 272 valence electrons. The molecule has 10 aromatic rings. The van der Waals surface area contributed by atoms with Gasteiger partial charge in [0.15, 0.2) is 0 Å². The lowest BCUT2D eigenvalue weighted by molar-refractivity contribution is 0.768. The van der Waals surface area contributed by atoms with Crippen molar-refractivity contribution in [2.45, 2.75) is 5.41 Å². The summed E-state index contributed by atoms with van der Waals surface area (Å²) >= 11 is 0. The molecule has 0 aliphatic heterocycles. The van der Waals surface area contributed by atoms with E-state index in [4.69, 9.17) is 0 Å². The first-order chi connectivity index (χ1) is 28.8. The van der Waals surface area contributed by atoms with Gasteiger partial charge in [0.05, 0.1) is 11.1 Å². The van der Waals surface area contributed by atoms with Gasteiger partial charge in [0.1, 0.15) is 0 Å². The summed E-state index contributed by atoms with van der Waals surface area (Å²) in [6, 6.07) is 87.0. The molecule has 0 atom stereocenters. The van der Waals surface area contributed by atoms with Crippen molar-refractivity contribution in [1.82, 2.24) is 0 Å². The Balaban J connectivity index is 1.22. The summed E-state index contributed by atoms with van der Waals surface area (Å²) in [7, 11) is 0. The lowest BCUT2D eigenvalue weighted by Crippen LogP contribution is -2.28. The Labute approximate surface area is 339 Å². The van der Waals surface area contributed by atoms with Gasteiger partial charge in [-0.3, -0.25) is 0 Å². The highest BCUT2D eigenvalue weighted by Crippen LogP contribution is 2.57. The molecule has 0 radical (unpaired) electrons. The van der Waals surface area contributed by atoms with E-state index in [1.807, 2.05) is 0 Å². The van der Waals surface area contributed by atoms with Crippen molar-refractivity contribution < 1.29 is 0 Å². The third-order valence-electron chi connectivity index (χ3n) is 12.1. The molecule has 1 heteroatoms. The number of benzene rings is 10. The Kier molecular flexibility index (Phi) is 8.12. The lowest BCUT2D eigenvalue weighted by Gasteiger charge is -2.35. The van der Waals surface area contributed by atoms with Crippen molar-refractivity contribution in [3.8, 4) is 33.4 Å². The van der Waals surface area contributed by atoms with Crippen LogP contribution >= 0.6 is 0 Å². The molecule has 10 aromatic carbocycles. The van der Waals surface area contributed by atoms with Crippen molar-refractivity contribution in [3.63, 3.8) is 0 Å². The zero-order valence-corrected chi connectivity index (χ0v) is 32.0. The molecule has 1 nitrogen and oxygen atoms in total. The molecule has 1 aliphatic rings. The summed E-state index contributed by atoms with van der Waals surface area (Å²) < 4.78 is 0. The van der Waals surface area contributed by atoms with Gasteiger partial charge in [-0.2, -0.15) is 0 Å². The molecule has 0 N–H and O–H groups in total. The first-order valence-corrected chi connectivity index (χ1v) is 20.1. The van der Waals surface area contributed by atoms with Gasteiger partial charge in [-0.05, 0) is 102 Å². The summed E-state index contributed by atoms with van der Waals surface area (Å²) in [5.74, 6) is 0. The van der Waals surface area contributed by atoms with Gasteiger partial charge < -0.3 is 4.90 Å². The smallest absolute Gasteiger partial charge is 0.0714 e. The topological polar surface area (TPSA) is 3.24 Å². The van der Waals surface area contributed by atoms with Crippen LogP contribution in [0.3, 0.4) is 0 Å². The number of para-hydroxylation sites is 1. The van der Waals surface area contributed by atoms with E-state index in [1.165, 1.54) is 77.2 Å². The fraction of sp³-hybridized carbons (Fsp3) is 0.0175. The van der Waals surface area contributed by atoms with Crippen LogP contribution in [0.4, 0.5) is 17.1 Å². The summed E-state index contributed by atoms with van der Waals surface area (Å²) in [4.78, 5) is 2.48. The van der Waals surface area contributed by atoms with Crippen molar-refractivity contribution in [2.75, 3.05) is 4.90 Å². The van der Waals surface area contributed by atoms with E-state index in [0.29, 0.717) is 0 Å². The highest BCUT2D eigenvalue weighted by atomic mass is 15.1. The number of anilines is 3. The third kappa shape index (κ3) is 5.32. The Bertz CT molecular complexity index is 3060. The average Bonchev–Trinajstić information content (AvgIpc) is 3.60. The number of rotatable bonds is 7. The molecular formula is C57H39N.